The van der Waals surface area contributed by atoms with Crippen LogP contribution in [0.4, 0.5) is 11.4 Å². The molecule has 3 N–H and O–H groups in total. The molecule has 0 atom stereocenters. The summed E-state index contributed by atoms with van der Waals surface area (Å²) in [6.07, 6.45) is 0. The van der Waals surface area contributed by atoms with Crippen LogP contribution in [0.5, 0.6) is 0 Å². The summed E-state index contributed by atoms with van der Waals surface area (Å²) in [6.45, 7) is 4.53. The fraction of sp³-hybridized carbons (Fsp3) is 0.211. The molecule has 2 aromatic carbocycles. The lowest BCUT2D eigenvalue weighted by molar-refractivity contribution is -0.114. The van der Waals surface area contributed by atoms with Crippen LogP contribution in [0.1, 0.15) is 22.3 Å². The molecule has 0 aliphatic heterocycles. The predicted molar refractivity (Wildman–Crippen MR) is 106 cm³/mol. The maximum atomic E-state index is 12.2. The Kier molecular flexibility index (Phi) is 5.48. The third kappa shape index (κ3) is 4.37. The maximum Gasteiger partial charge on any atom is 0.251 e. The van der Waals surface area contributed by atoms with Gasteiger partial charge >= 0.3 is 0 Å². The van der Waals surface area contributed by atoms with Crippen LogP contribution < -0.4 is 16.0 Å². The molecule has 0 aliphatic carbocycles. The number of amides is 2. The van der Waals surface area contributed by atoms with Crippen molar-refractivity contribution in [3.63, 3.8) is 0 Å². The molecule has 1 heterocycles. The number of nitrogens with zero attached hydrogens (tertiary/aromatic N) is 1. The van der Waals surface area contributed by atoms with Gasteiger partial charge in [-0.15, -0.1) is 11.3 Å². The van der Waals surface area contributed by atoms with E-state index in [1.165, 1.54) is 0 Å². The highest BCUT2D eigenvalue weighted by atomic mass is 32.1. The third-order valence-corrected chi connectivity index (χ3v) is 4.63. The van der Waals surface area contributed by atoms with E-state index < -0.39 is 0 Å². The Morgan fingerprint density at radius 1 is 1.12 bits per heavy atom. The van der Waals surface area contributed by atoms with Crippen molar-refractivity contribution in [3.05, 3.63) is 53.0 Å². The summed E-state index contributed by atoms with van der Waals surface area (Å²) in [7, 11) is 0. The van der Waals surface area contributed by atoms with Crippen LogP contribution >= 0.6 is 11.3 Å². The number of hydrogen-bond acceptors (Lipinski definition) is 5. The summed E-state index contributed by atoms with van der Waals surface area (Å²) in [6, 6.07) is 12.7. The molecule has 134 valence electrons. The van der Waals surface area contributed by atoms with E-state index in [2.05, 4.69) is 20.9 Å². The number of aromatic nitrogens is 1. The van der Waals surface area contributed by atoms with Gasteiger partial charge in [0.05, 0.1) is 21.8 Å². The molecule has 3 aromatic rings. The van der Waals surface area contributed by atoms with Crippen molar-refractivity contribution in [1.82, 2.24) is 10.3 Å². The van der Waals surface area contributed by atoms with Gasteiger partial charge in [-0.3, -0.25) is 9.59 Å². The molecule has 0 bridgehead atoms. The summed E-state index contributed by atoms with van der Waals surface area (Å²) in [5, 5.41) is 9.66. The lowest BCUT2D eigenvalue weighted by Gasteiger charge is -2.09. The minimum Gasteiger partial charge on any atom is -0.376 e. The quantitative estimate of drug-likeness (QED) is 0.623. The highest BCUT2D eigenvalue weighted by Crippen LogP contribution is 2.24. The number of anilines is 2. The first-order chi connectivity index (χ1) is 12.5. The molecule has 0 saturated heterocycles. The highest BCUT2D eigenvalue weighted by Gasteiger charge is 2.08. The largest absolute Gasteiger partial charge is 0.376 e. The number of nitrogens with one attached hydrogen (secondary N) is 3. The molecule has 2 amide bonds. The van der Waals surface area contributed by atoms with E-state index in [1.807, 2.05) is 32.0 Å². The Bertz CT molecular complexity index is 952. The van der Waals surface area contributed by atoms with Crippen molar-refractivity contribution in [1.29, 1.82) is 0 Å². The number of fused-ring (bicyclic) bond motifs is 1. The lowest BCUT2D eigenvalue weighted by atomic mass is 10.2. The Balaban J connectivity index is 1.59. The number of carbonyl (C=O) groups is 2. The van der Waals surface area contributed by atoms with Crippen molar-refractivity contribution in [3.8, 4) is 0 Å². The number of carbonyl (C=O) groups excluding carboxylic acids is 2. The second kappa shape index (κ2) is 7.97. The van der Waals surface area contributed by atoms with Gasteiger partial charge in [0.2, 0.25) is 5.91 Å². The molecule has 0 radical (unpaired) electrons. The van der Waals surface area contributed by atoms with Crippen LogP contribution in [0, 0.1) is 6.92 Å². The molecule has 0 saturated carbocycles. The van der Waals surface area contributed by atoms with Crippen LogP contribution in [-0.2, 0) is 4.79 Å². The topological polar surface area (TPSA) is 83.1 Å². The number of rotatable bonds is 6. The van der Waals surface area contributed by atoms with Gasteiger partial charge in [0.1, 0.15) is 0 Å². The van der Waals surface area contributed by atoms with Crippen LogP contribution in [-0.4, -0.2) is 29.9 Å². The fourth-order valence-corrected chi connectivity index (χ4v) is 3.40. The molecule has 1 aromatic heterocycles. The lowest BCUT2D eigenvalue weighted by Crippen LogP contribution is -2.24. The van der Waals surface area contributed by atoms with Gasteiger partial charge in [0.25, 0.3) is 5.91 Å². The molecule has 0 fully saturated rings. The van der Waals surface area contributed by atoms with E-state index in [4.69, 9.17) is 0 Å². The van der Waals surface area contributed by atoms with Gasteiger partial charge in [-0.2, -0.15) is 0 Å². The Morgan fingerprint density at radius 3 is 2.77 bits per heavy atom. The van der Waals surface area contributed by atoms with Gasteiger partial charge in [-0.1, -0.05) is 6.07 Å². The zero-order valence-electron chi connectivity index (χ0n) is 14.6. The number of thiazole rings is 1. The molecule has 3 rings (SSSR count). The summed E-state index contributed by atoms with van der Waals surface area (Å²) < 4.78 is 1.09. The molecular formula is C19H20N4O2S. The average molecular weight is 368 g/mol. The van der Waals surface area contributed by atoms with Gasteiger partial charge < -0.3 is 16.0 Å². The molecule has 7 heteroatoms. The van der Waals surface area contributed by atoms with E-state index in [-0.39, 0.29) is 18.4 Å². The number of benzene rings is 2. The molecule has 6 nitrogen and oxygen atoms in total. The minimum atomic E-state index is -0.182. The van der Waals surface area contributed by atoms with E-state index in [1.54, 1.807) is 35.6 Å². The first kappa shape index (κ1) is 17.9. The van der Waals surface area contributed by atoms with Crippen molar-refractivity contribution in [2.75, 3.05) is 23.7 Å². The molecular weight excluding hydrogens is 348 g/mol. The van der Waals surface area contributed by atoms with Crippen molar-refractivity contribution < 1.29 is 9.59 Å². The minimum absolute atomic E-state index is 0.134. The van der Waals surface area contributed by atoms with Crippen LogP contribution in [0.3, 0.4) is 0 Å². The standard InChI is InChI=1S/C19H20N4O2S/c1-3-20-19(25)13-5-4-6-15(9-13)23-18(24)11-21-14-7-8-16-17(10-14)26-12(2)22-16/h4-10,21H,3,11H2,1-2H3,(H,20,25)(H,23,24). The first-order valence-electron chi connectivity index (χ1n) is 8.34. The van der Waals surface area contributed by atoms with Crippen molar-refractivity contribution >= 4 is 44.7 Å². The summed E-state index contributed by atoms with van der Waals surface area (Å²) in [4.78, 5) is 28.5. The van der Waals surface area contributed by atoms with E-state index in [9.17, 15) is 9.59 Å². The fourth-order valence-electron chi connectivity index (χ4n) is 2.54. The Hall–Kier alpha value is -2.93. The second-order valence-electron chi connectivity index (χ2n) is 5.76. The van der Waals surface area contributed by atoms with Crippen LogP contribution in [0.15, 0.2) is 42.5 Å². The van der Waals surface area contributed by atoms with Crippen molar-refractivity contribution in [2.45, 2.75) is 13.8 Å². The van der Waals surface area contributed by atoms with Crippen LogP contribution in [0.25, 0.3) is 10.2 Å². The normalized spacial score (nSPS) is 10.5. The Morgan fingerprint density at radius 2 is 1.96 bits per heavy atom. The van der Waals surface area contributed by atoms with E-state index in [0.29, 0.717) is 17.8 Å². The Labute approximate surface area is 155 Å². The SMILES string of the molecule is CCNC(=O)c1cccc(NC(=O)CNc2ccc3nc(C)sc3c2)c1. The number of hydrogen-bond donors (Lipinski definition) is 3. The van der Waals surface area contributed by atoms with E-state index in [0.717, 1.165) is 20.9 Å². The summed E-state index contributed by atoms with van der Waals surface area (Å²) in [5.41, 5.74) is 2.94. The zero-order valence-corrected chi connectivity index (χ0v) is 15.4. The van der Waals surface area contributed by atoms with Crippen molar-refractivity contribution in [2.24, 2.45) is 0 Å². The van der Waals surface area contributed by atoms with Gasteiger partial charge in [0.15, 0.2) is 0 Å². The summed E-state index contributed by atoms with van der Waals surface area (Å²) in [5.74, 6) is -0.339. The third-order valence-electron chi connectivity index (χ3n) is 3.69. The molecule has 0 aliphatic rings. The first-order valence-corrected chi connectivity index (χ1v) is 9.16. The second-order valence-corrected chi connectivity index (χ2v) is 6.99. The predicted octanol–water partition coefficient (Wildman–Crippen LogP) is 3.41. The maximum absolute atomic E-state index is 12.2. The average Bonchev–Trinajstić information content (AvgIpc) is 2.99. The van der Waals surface area contributed by atoms with Crippen LogP contribution in [0.2, 0.25) is 0 Å². The highest BCUT2D eigenvalue weighted by molar-refractivity contribution is 7.18. The smallest absolute Gasteiger partial charge is 0.251 e. The van der Waals surface area contributed by atoms with Gasteiger partial charge in [-0.05, 0) is 50.2 Å². The summed E-state index contributed by atoms with van der Waals surface area (Å²) >= 11 is 1.62. The number of aryl methyl sites for hydroxylation is 1. The zero-order chi connectivity index (χ0) is 18.5. The molecule has 0 unspecified atom stereocenters. The molecule has 0 spiro atoms. The molecule has 26 heavy (non-hydrogen) atoms. The monoisotopic (exact) mass is 368 g/mol. The van der Waals surface area contributed by atoms with Gasteiger partial charge in [0, 0.05) is 23.5 Å². The van der Waals surface area contributed by atoms with Gasteiger partial charge in [-0.25, -0.2) is 4.98 Å². The van der Waals surface area contributed by atoms with E-state index >= 15 is 0 Å².